The van der Waals surface area contributed by atoms with Gasteiger partial charge in [0.05, 0.1) is 13.0 Å². The van der Waals surface area contributed by atoms with Crippen molar-refractivity contribution in [1.82, 2.24) is 0 Å². The maximum absolute atomic E-state index is 12.8. The summed E-state index contributed by atoms with van der Waals surface area (Å²) >= 11 is 0. The minimum atomic E-state index is -1.75. The molecule has 6 atom stereocenters. The maximum Gasteiger partial charge on any atom is 0.331 e. The lowest BCUT2D eigenvalue weighted by molar-refractivity contribution is -0.280. The molecule has 3 aromatic carbocycles. The molecule has 0 spiro atoms. The molecule has 0 aromatic heterocycles. The topological polar surface area (TPSA) is 192 Å². The molecule has 2 aliphatic rings. The number of ether oxygens (including phenoxy) is 4. The number of aromatic hydroxyl groups is 3. The van der Waals surface area contributed by atoms with Crippen LogP contribution in [0, 0.1) is 0 Å². The van der Waals surface area contributed by atoms with Gasteiger partial charge in [0.25, 0.3) is 0 Å². The molecule has 1 saturated heterocycles. The summed E-state index contributed by atoms with van der Waals surface area (Å²) in [4.78, 5) is 25.2. The standard InChI is InChI=1S/C30H28O12/c31-14-24-29(42-25(36)10-3-15-1-6-17(32)7-2-15)27(37)28(38)30(41-24)39-19-11-20(34)26-21(35)13-22(40-23(26)12-19)16-4-8-18(33)9-5-16/h1-12,22,24,27-34,37-38H,13-14H2/t22-,24-,27-,28+,29-,30-/m0/s1. The zero-order valence-electron chi connectivity index (χ0n) is 21.9. The molecule has 0 aliphatic carbocycles. The molecule has 0 unspecified atom stereocenters. The van der Waals surface area contributed by atoms with E-state index in [0.29, 0.717) is 11.1 Å². The molecule has 0 radical (unpaired) electrons. The van der Waals surface area contributed by atoms with Gasteiger partial charge in [-0.05, 0) is 41.5 Å². The maximum atomic E-state index is 12.8. The average molecular weight is 581 g/mol. The summed E-state index contributed by atoms with van der Waals surface area (Å²) < 4.78 is 22.5. The Labute approximate surface area is 239 Å². The quantitative estimate of drug-likeness (QED) is 0.176. The minimum Gasteiger partial charge on any atom is -0.508 e. The molecule has 2 aliphatic heterocycles. The van der Waals surface area contributed by atoms with E-state index in [1.807, 2.05) is 0 Å². The number of carbonyl (C=O) groups is 2. The molecule has 6 N–H and O–H groups in total. The number of carbonyl (C=O) groups excluding carboxylic acids is 2. The normalized spacial score (nSPS) is 25.5. The first-order chi connectivity index (χ1) is 20.1. The van der Waals surface area contributed by atoms with Crippen LogP contribution in [-0.4, -0.2) is 79.7 Å². The zero-order valence-corrected chi connectivity index (χ0v) is 21.9. The average Bonchev–Trinajstić information content (AvgIpc) is 2.96. The van der Waals surface area contributed by atoms with E-state index in [1.54, 1.807) is 24.3 Å². The molecule has 1 fully saturated rings. The third-order valence-corrected chi connectivity index (χ3v) is 6.87. The molecule has 0 saturated carbocycles. The Morgan fingerprint density at radius 2 is 1.62 bits per heavy atom. The number of rotatable bonds is 7. The zero-order chi connectivity index (χ0) is 30.0. The highest BCUT2D eigenvalue weighted by atomic mass is 16.7. The van der Waals surface area contributed by atoms with Gasteiger partial charge < -0.3 is 49.6 Å². The van der Waals surface area contributed by atoms with Gasteiger partial charge in [0.1, 0.15) is 58.7 Å². The van der Waals surface area contributed by atoms with Crippen molar-refractivity contribution in [2.24, 2.45) is 0 Å². The van der Waals surface area contributed by atoms with E-state index >= 15 is 0 Å². The molecule has 12 heteroatoms. The van der Waals surface area contributed by atoms with Gasteiger partial charge >= 0.3 is 5.97 Å². The second-order valence-electron chi connectivity index (χ2n) is 9.79. The van der Waals surface area contributed by atoms with Crippen LogP contribution in [0.5, 0.6) is 28.7 Å². The minimum absolute atomic E-state index is 0.0103. The summed E-state index contributed by atoms with van der Waals surface area (Å²) in [6.45, 7) is -0.704. The van der Waals surface area contributed by atoms with E-state index < -0.39 is 55.1 Å². The van der Waals surface area contributed by atoms with Gasteiger partial charge in [0.2, 0.25) is 6.29 Å². The summed E-state index contributed by atoms with van der Waals surface area (Å²) in [5.74, 6) is -1.67. The number of aliphatic hydroxyl groups is 3. The predicted molar refractivity (Wildman–Crippen MR) is 144 cm³/mol. The highest BCUT2D eigenvalue weighted by Crippen LogP contribution is 2.42. The van der Waals surface area contributed by atoms with Crippen molar-refractivity contribution in [3.63, 3.8) is 0 Å². The number of hydrogen-bond acceptors (Lipinski definition) is 12. The number of phenolic OH excluding ortho intramolecular Hbond substituents is 3. The Morgan fingerprint density at radius 1 is 0.952 bits per heavy atom. The van der Waals surface area contributed by atoms with Gasteiger partial charge in [-0.3, -0.25) is 4.79 Å². The lowest BCUT2D eigenvalue weighted by Crippen LogP contribution is -2.61. The van der Waals surface area contributed by atoms with Gasteiger partial charge in [-0.15, -0.1) is 0 Å². The van der Waals surface area contributed by atoms with Crippen molar-refractivity contribution in [2.75, 3.05) is 6.61 Å². The fourth-order valence-corrected chi connectivity index (χ4v) is 4.71. The summed E-state index contributed by atoms with van der Waals surface area (Å²) in [5.41, 5.74) is 1.16. The third kappa shape index (κ3) is 6.16. The Hall–Kier alpha value is -4.62. The molecule has 3 aromatic rings. The van der Waals surface area contributed by atoms with Gasteiger partial charge in [-0.25, -0.2) is 4.79 Å². The van der Waals surface area contributed by atoms with Crippen molar-refractivity contribution in [3.8, 4) is 28.7 Å². The van der Waals surface area contributed by atoms with E-state index in [9.17, 15) is 40.2 Å². The fourth-order valence-electron chi connectivity index (χ4n) is 4.71. The van der Waals surface area contributed by atoms with Crippen molar-refractivity contribution in [1.29, 1.82) is 0 Å². The molecule has 0 bridgehead atoms. The van der Waals surface area contributed by atoms with E-state index in [-0.39, 0.29) is 40.8 Å². The van der Waals surface area contributed by atoms with Gasteiger partial charge in [0.15, 0.2) is 11.9 Å². The second kappa shape index (κ2) is 12.1. The first-order valence-electron chi connectivity index (χ1n) is 13.0. The Balaban J connectivity index is 1.28. The summed E-state index contributed by atoms with van der Waals surface area (Å²) in [7, 11) is 0. The highest BCUT2D eigenvalue weighted by molar-refractivity contribution is 6.02. The molecule has 2 heterocycles. The number of benzene rings is 3. The summed E-state index contributed by atoms with van der Waals surface area (Å²) in [6.07, 6.45) is -6.05. The van der Waals surface area contributed by atoms with E-state index in [1.165, 1.54) is 36.4 Å². The van der Waals surface area contributed by atoms with Crippen LogP contribution in [0.3, 0.4) is 0 Å². The molecule has 5 rings (SSSR count). The van der Waals surface area contributed by atoms with Crippen LogP contribution in [-0.2, 0) is 14.3 Å². The molecular formula is C30H28O12. The first kappa shape index (κ1) is 28.9. The highest BCUT2D eigenvalue weighted by Gasteiger charge is 2.47. The van der Waals surface area contributed by atoms with Gasteiger partial charge in [-0.1, -0.05) is 24.3 Å². The third-order valence-electron chi connectivity index (χ3n) is 6.87. The van der Waals surface area contributed by atoms with Crippen LogP contribution in [0.4, 0.5) is 0 Å². The summed E-state index contributed by atoms with van der Waals surface area (Å²) in [6, 6.07) is 14.5. The second-order valence-corrected chi connectivity index (χ2v) is 9.79. The van der Waals surface area contributed by atoms with Crippen LogP contribution in [0.15, 0.2) is 66.7 Å². The summed E-state index contributed by atoms with van der Waals surface area (Å²) in [5, 5.41) is 60.8. The number of aliphatic hydroxyl groups excluding tert-OH is 3. The molecule has 42 heavy (non-hydrogen) atoms. The first-order valence-corrected chi connectivity index (χ1v) is 13.0. The molecular weight excluding hydrogens is 552 g/mol. The largest absolute Gasteiger partial charge is 0.508 e. The van der Waals surface area contributed by atoms with Crippen molar-refractivity contribution in [3.05, 3.63) is 83.4 Å². The lowest BCUT2D eigenvalue weighted by Gasteiger charge is -2.41. The van der Waals surface area contributed by atoms with E-state index in [0.717, 1.165) is 12.1 Å². The molecule has 12 nitrogen and oxygen atoms in total. The van der Waals surface area contributed by atoms with Crippen molar-refractivity contribution in [2.45, 2.75) is 43.2 Å². The van der Waals surface area contributed by atoms with Crippen molar-refractivity contribution >= 4 is 17.8 Å². The Morgan fingerprint density at radius 3 is 2.29 bits per heavy atom. The van der Waals surface area contributed by atoms with E-state index in [4.69, 9.17) is 18.9 Å². The lowest BCUT2D eigenvalue weighted by atomic mass is 9.95. The SMILES string of the molecule is O=C(C=Cc1ccc(O)cc1)O[C@@H]1[C@@H](O)[C@@H](O)[C@@H](Oc2cc(O)c3c(c2)O[C@H](c2ccc(O)cc2)CC3=O)O[C@H]1CO. The van der Waals surface area contributed by atoms with Crippen LogP contribution < -0.4 is 9.47 Å². The number of ketones is 1. The van der Waals surface area contributed by atoms with Crippen LogP contribution in [0.2, 0.25) is 0 Å². The van der Waals surface area contributed by atoms with E-state index in [2.05, 4.69) is 0 Å². The van der Waals surface area contributed by atoms with Gasteiger partial charge in [0, 0.05) is 18.2 Å². The number of phenols is 3. The van der Waals surface area contributed by atoms with Crippen molar-refractivity contribution < 1.29 is 59.2 Å². The Kier molecular flexibility index (Phi) is 8.31. The number of esters is 1. The van der Waals surface area contributed by atoms with Crippen LogP contribution in [0.25, 0.3) is 6.08 Å². The Bertz CT molecular complexity index is 1460. The smallest absolute Gasteiger partial charge is 0.331 e. The number of hydrogen-bond donors (Lipinski definition) is 6. The van der Waals surface area contributed by atoms with Gasteiger partial charge in [-0.2, -0.15) is 0 Å². The van der Waals surface area contributed by atoms with Crippen LogP contribution >= 0.6 is 0 Å². The number of fused-ring (bicyclic) bond motifs is 1. The fraction of sp³-hybridized carbons (Fsp3) is 0.267. The predicted octanol–water partition coefficient (Wildman–Crippen LogP) is 1.95. The van der Waals surface area contributed by atoms with Crippen LogP contribution in [0.1, 0.15) is 34.0 Å². The monoisotopic (exact) mass is 580 g/mol. The molecule has 0 amide bonds. The molecule has 220 valence electrons. The number of Topliss-reactive ketones (excluding diaryl/α,β-unsaturated/α-hetero) is 1.